The average molecular weight is 334 g/mol. The molecule has 0 aliphatic heterocycles. The molecule has 0 unspecified atom stereocenters. The van der Waals surface area contributed by atoms with Crippen LogP contribution in [0.5, 0.6) is 0 Å². The summed E-state index contributed by atoms with van der Waals surface area (Å²) in [5.74, 6) is 0.323. The first-order chi connectivity index (χ1) is 11.1. The zero-order chi connectivity index (χ0) is 16.4. The standard InChI is InChI=1S/C17H20ClN3O2/c1-10-15(17(22)20-12-8-6-11(19)7-9-12)16(21-23-10)13-4-2-3-5-14(13)18/h2-5,11-12H,6-9,19H2,1H3,(H,20,22). The SMILES string of the molecule is Cc1onc(-c2ccccc2Cl)c1C(=O)NC1CCC(N)CC1. The van der Waals surface area contributed by atoms with Gasteiger partial charge in [0, 0.05) is 17.6 Å². The molecule has 122 valence electrons. The molecule has 1 saturated carbocycles. The molecule has 0 spiro atoms. The molecule has 0 saturated heterocycles. The van der Waals surface area contributed by atoms with Crippen molar-refractivity contribution in [1.29, 1.82) is 0 Å². The van der Waals surface area contributed by atoms with Crippen molar-refractivity contribution < 1.29 is 9.32 Å². The van der Waals surface area contributed by atoms with Gasteiger partial charge in [0.1, 0.15) is 17.0 Å². The van der Waals surface area contributed by atoms with Gasteiger partial charge < -0.3 is 15.6 Å². The van der Waals surface area contributed by atoms with Gasteiger partial charge in [0.25, 0.3) is 5.91 Å². The lowest BCUT2D eigenvalue weighted by Crippen LogP contribution is -2.40. The number of hydrogen-bond donors (Lipinski definition) is 2. The Morgan fingerprint density at radius 3 is 2.70 bits per heavy atom. The van der Waals surface area contributed by atoms with Crippen molar-refractivity contribution in [3.05, 3.63) is 40.6 Å². The summed E-state index contributed by atoms with van der Waals surface area (Å²) in [6, 6.07) is 7.69. The van der Waals surface area contributed by atoms with Crippen LogP contribution in [0.3, 0.4) is 0 Å². The van der Waals surface area contributed by atoms with E-state index in [4.69, 9.17) is 21.9 Å². The van der Waals surface area contributed by atoms with Gasteiger partial charge >= 0.3 is 0 Å². The lowest BCUT2D eigenvalue weighted by Gasteiger charge is -2.26. The lowest BCUT2D eigenvalue weighted by molar-refractivity contribution is 0.0925. The van der Waals surface area contributed by atoms with Gasteiger partial charge in [-0.15, -0.1) is 0 Å². The molecule has 3 N–H and O–H groups in total. The first-order valence-electron chi connectivity index (χ1n) is 7.84. The van der Waals surface area contributed by atoms with Gasteiger partial charge in [-0.3, -0.25) is 4.79 Å². The van der Waals surface area contributed by atoms with Gasteiger partial charge in [0.2, 0.25) is 0 Å². The Morgan fingerprint density at radius 1 is 1.30 bits per heavy atom. The minimum Gasteiger partial charge on any atom is -0.360 e. The molecule has 23 heavy (non-hydrogen) atoms. The van der Waals surface area contributed by atoms with E-state index >= 15 is 0 Å². The summed E-state index contributed by atoms with van der Waals surface area (Å²) in [6.45, 7) is 1.74. The Bertz CT molecular complexity index is 706. The number of hydrogen-bond acceptors (Lipinski definition) is 4. The van der Waals surface area contributed by atoms with Gasteiger partial charge in [0.05, 0.1) is 5.02 Å². The second-order valence-corrected chi connectivity index (χ2v) is 6.43. The molecule has 1 amide bonds. The molecule has 0 radical (unpaired) electrons. The van der Waals surface area contributed by atoms with E-state index < -0.39 is 0 Å². The van der Waals surface area contributed by atoms with Crippen LogP contribution in [0.15, 0.2) is 28.8 Å². The first-order valence-corrected chi connectivity index (χ1v) is 8.21. The third kappa shape index (κ3) is 3.41. The van der Waals surface area contributed by atoms with E-state index in [2.05, 4.69) is 10.5 Å². The second kappa shape index (κ2) is 6.72. The summed E-state index contributed by atoms with van der Waals surface area (Å²) in [5.41, 5.74) is 7.54. The van der Waals surface area contributed by atoms with Crippen molar-refractivity contribution >= 4 is 17.5 Å². The van der Waals surface area contributed by atoms with Crippen molar-refractivity contribution in [1.82, 2.24) is 10.5 Å². The Hall–Kier alpha value is -1.85. The highest BCUT2D eigenvalue weighted by Crippen LogP contribution is 2.31. The summed E-state index contributed by atoms with van der Waals surface area (Å²) in [4.78, 5) is 12.7. The van der Waals surface area contributed by atoms with Gasteiger partial charge in [-0.2, -0.15) is 0 Å². The predicted molar refractivity (Wildman–Crippen MR) is 89.4 cm³/mol. The van der Waals surface area contributed by atoms with E-state index in [1.165, 1.54) is 0 Å². The minimum absolute atomic E-state index is 0.149. The molecule has 0 atom stereocenters. The molecular weight excluding hydrogens is 314 g/mol. The number of nitrogens with zero attached hydrogens (tertiary/aromatic N) is 1. The van der Waals surface area contributed by atoms with Crippen LogP contribution in [0.2, 0.25) is 5.02 Å². The fourth-order valence-electron chi connectivity index (χ4n) is 3.00. The van der Waals surface area contributed by atoms with Gasteiger partial charge in [-0.25, -0.2) is 0 Å². The number of carbonyl (C=O) groups is 1. The Balaban J connectivity index is 1.84. The van der Waals surface area contributed by atoms with Crippen LogP contribution in [-0.4, -0.2) is 23.1 Å². The van der Waals surface area contributed by atoms with Crippen LogP contribution in [0.1, 0.15) is 41.8 Å². The third-order valence-electron chi connectivity index (χ3n) is 4.33. The van der Waals surface area contributed by atoms with E-state index in [9.17, 15) is 4.79 Å². The summed E-state index contributed by atoms with van der Waals surface area (Å²) in [5, 5.41) is 7.65. The number of benzene rings is 1. The Labute approximate surface area is 140 Å². The smallest absolute Gasteiger partial charge is 0.257 e. The number of aryl methyl sites for hydroxylation is 1. The highest BCUT2D eigenvalue weighted by atomic mass is 35.5. The zero-order valence-corrected chi connectivity index (χ0v) is 13.8. The quantitative estimate of drug-likeness (QED) is 0.903. The molecule has 0 bridgehead atoms. The maximum atomic E-state index is 12.7. The van der Waals surface area contributed by atoms with Gasteiger partial charge in [-0.05, 0) is 38.7 Å². The average Bonchev–Trinajstić information content (AvgIpc) is 2.91. The van der Waals surface area contributed by atoms with Crippen molar-refractivity contribution in [3.8, 4) is 11.3 Å². The molecule has 1 aromatic carbocycles. The molecule has 6 heteroatoms. The topological polar surface area (TPSA) is 81.2 Å². The maximum Gasteiger partial charge on any atom is 0.257 e. The molecule has 5 nitrogen and oxygen atoms in total. The summed E-state index contributed by atoms with van der Waals surface area (Å²) < 4.78 is 5.24. The van der Waals surface area contributed by atoms with E-state index in [1.807, 2.05) is 18.2 Å². The largest absolute Gasteiger partial charge is 0.360 e. The molecular formula is C17H20ClN3O2. The van der Waals surface area contributed by atoms with E-state index in [-0.39, 0.29) is 18.0 Å². The molecule has 1 aromatic heterocycles. The lowest BCUT2D eigenvalue weighted by atomic mass is 9.91. The zero-order valence-electron chi connectivity index (χ0n) is 13.0. The Morgan fingerprint density at radius 2 is 2.00 bits per heavy atom. The van der Waals surface area contributed by atoms with Crippen LogP contribution < -0.4 is 11.1 Å². The summed E-state index contributed by atoms with van der Waals surface area (Å²) >= 11 is 6.23. The van der Waals surface area contributed by atoms with Crippen LogP contribution in [-0.2, 0) is 0 Å². The number of nitrogens with two attached hydrogens (primary N) is 1. The number of aromatic nitrogens is 1. The van der Waals surface area contributed by atoms with Gasteiger partial charge in [0.15, 0.2) is 0 Å². The third-order valence-corrected chi connectivity index (χ3v) is 4.66. The van der Waals surface area contributed by atoms with Crippen molar-refractivity contribution in [2.24, 2.45) is 5.73 Å². The number of halogens is 1. The van der Waals surface area contributed by atoms with Crippen LogP contribution in [0, 0.1) is 6.92 Å². The summed E-state index contributed by atoms with van der Waals surface area (Å²) in [6.07, 6.45) is 3.67. The van der Waals surface area contributed by atoms with Crippen molar-refractivity contribution in [2.45, 2.75) is 44.7 Å². The molecule has 3 rings (SSSR count). The molecule has 2 aromatic rings. The molecule has 1 fully saturated rings. The Kier molecular flexibility index (Phi) is 4.68. The minimum atomic E-state index is -0.167. The number of amides is 1. The fourth-order valence-corrected chi connectivity index (χ4v) is 3.22. The van der Waals surface area contributed by atoms with Crippen molar-refractivity contribution in [3.63, 3.8) is 0 Å². The highest BCUT2D eigenvalue weighted by Gasteiger charge is 2.26. The fraction of sp³-hybridized carbons (Fsp3) is 0.412. The molecule has 1 aliphatic carbocycles. The van der Waals surface area contributed by atoms with Gasteiger partial charge in [-0.1, -0.05) is 35.0 Å². The number of nitrogens with one attached hydrogen (secondary N) is 1. The van der Waals surface area contributed by atoms with E-state index in [0.717, 1.165) is 25.7 Å². The number of rotatable bonds is 3. The molecule has 1 aliphatic rings. The second-order valence-electron chi connectivity index (χ2n) is 6.03. The van der Waals surface area contributed by atoms with Crippen LogP contribution in [0.25, 0.3) is 11.3 Å². The number of carbonyl (C=O) groups excluding carboxylic acids is 1. The van der Waals surface area contributed by atoms with E-state index in [0.29, 0.717) is 27.6 Å². The first kappa shape index (κ1) is 16.0. The maximum absolute atomic E-state index is 12.7. The van der Waals surface area contributed by atoms with Crippen LogP contribution >= 0.6 is 11.6 Å². The van der Waals surface area contributed by atoms with Crippen LogP contribution in [0.4, 0.5) is 0 Å². The monoisotopic (exact) mass is 333 g/mol. The van der Waals surface area contributed by atoms with E-state index in [1.54, 1.807) is 13.0 Å². The van der Waals surface area contributed by atoms with Crippen molar-refractivity contribution in [2.75, 3.05) is 0 Å². The summed E-state index contributed by atoms with van der Waals surface area (Å²) in [7, 11) is 0. The normalized spacial score (nSPS) is 21.2. The predicted octanol–water partition coefficient (Wildman–Crippen LogP) is 3.30. The molecule has 1 heterocycles. The highest BCUT2D eigenvalue weighted by molar-refractivity contribution is 6.33.